The van der Waals surface area contributed by atoms with Crippen LogP contribution in [0.3, 0.4) is 0 Å². The molecule has 0 radical (unpaired) electrons. The molecule has 0 saturated carbocycles. The molecule has 3 aromatic rings. The molecule has 2 saturated heterocycles. The Bertz CT molecular complexity index is 1250. The number of quaternary nitrogens is 1. The van der Waals surface area contributed by atoms with Crippen LogP contribution in [0, 0.1) is 0 Å². The van der Waals surface area contributed by atoms with Crippen molar-refractivity contribution in [1.29, 1.82) is 0 Å². The molecule has 7 nitrogen and oxygen atoms in total. The molecule has 0 aliphatic carbocycles. The second kappa shape index (κ2) is 9.30. The number of piperazine rings is 1. The highest BCUT2D eigenvalue weighted by Gasteiger charge is 2.48. The molecule has 0 spiro atoms. The molecular formula is C27H30ClN4O3+. The van der Waals surface area contributed by atoms with Gasteiger partial charge in [0.25, 0.3) is 0 Å². The minimum absolute atomic E-state index is 0.00224. The van der Waals surface area contributed by atoms with Crippen LogP contribution in [0.1, 0.15) is 29.3 Å². The van der Waals surface area contributed by atoms with Crippen LogP contribution < -0.4 is 4.90 Å². The number of aromatic nitrogens is 1. The summed E-state index contributed by atoms with van der Waals surface area (Å²) >= 11 is 6.17. The molecule has 2 atom stereocenters. The third-order valence-electron chi connectivity index (χ3n) is 7.69. The summed E-state index contributed by atoms with van der Waals surface area (Å²) in [5, 5.41) is 1.77. The molecule has 0 unspecified atom stereocenters. The maximum atomic E-state index is 13.8. The lowest BCUT2D eigenvalue weighted by Crippen LogP contribution is -3.14. The Balaban J connectivity index is 1.31. The van der Waals surface area contributed by atoms with E-state index in [9.17, 15) is 9.59 Å². The van der Waals surface area contributed by atoms with Crippen molar-refractivity contribution in [3.63, 3.8) is 0 Å². The molecule has 2 N–H and O–H groups in total. The van der Waals surface area contributed by atoms with Gasteiger partial charge >= 0.3 is 0 Å². The van der Waals surface area contributed by atoms with Crippen molar-refractivity contribution in [2.24, 2.45) is 0 Å². The predicted molar refractivity (Wildman–Crippen MR) is 134 cm³/mol. The molecule has 8 heteroatoms. The monoisotopic (exact) mass is 493 g/mol. The first kappa shape index (κ1) is 22.6. The zero-order valence-electron chi connectivity index (χ0n) is 19.6. The lowest BCUT2D eigenvalue weighted by molar-refractivity contribution is -0.908. The van der Waals surface area contributed by atoms with Crippen molar-refractivity contribution in [3.8, 4) is 0 Å². The van der Waals surface area contributed by atoms with Gasteiger partial charge in [-0.25, -0.2) is 0 Å². The van der Waals surface area contributed by atoms with E-state index in [-0.39, 0.29) is 24.4 Å². The molecule has 3 aliphatic heterocycles. The number of nitrogens with zero attached hydrogens (tertiary/aromatic N) is 2. The Morgan fingerprint density at radius 3 is 2.63 bits per heavy atom. The van der Waals surface area contributed by atoms with Crippen LogP contribution in [0.5, 0.6) is 0 Å². The van der Waals surface area contributed by atoms with Gasteiger partial charge in [-0.15, -0.1) is 0 Å². The highest BCUT2D eigenvalue weighted by atomic mass is 35.5. The lowest BCUT2D eigenvalue weighted by Gasteiger charge is -2.47. The van der Waals surface area contributed by atoms with E-state index in [0.29, 0.717) is 18.0 Å². The average molecular weight is 494 g/mol. The number of hydrogen-bond acceptors (Lipinski definition) is 3. The number of carbonyl (C=O) groups excluding carboxylic acids is 2. The first-order valence-electron chi connectivity index (χ1n) is 12.5. The molecule has 4 heterocycles. The quantitative estimate of drug-likeness (QED) is 0.569. The van der Waals surface area contributed by atoms with E-state index in [1.54, 1.807) is 4.90 Å². The van der Waals surface area contributed by atoms with E-state index in [2.05, 4.69) is 17.1 Å². The average Bonchev–Trinajstić information content (AvgIpc) is 3.25. The Morgan fingerprint density at radius 2 is 1.83 bits per heavy atom. The van der Waals surface area contributed by atoms with Crippen LogP contribution >= 0.6 is 11.6 Å². The van der Waals surface area contributed by atoms with E-state index in [1.165, 1.54) is 4.90 Å². The second-order valence-electron chi connectivity index (χ2n) is 9.76. The van der Waals surface area contributed by atoms with Gasteiger partial charge in [-0.3, -0.25) is 9.59 Å². The fourth-order valence-corrected chi connectivity index (χ4v) is 6.06. The highest BCUT2D eigenvalue weighted by Crippen LogP contribution is 2.42. The molecule has 3 aliphatic rings. The third-order valence-corrected chi connectivity index (χ3v) is 7.94. The number of nitrogens with one attached hydrogen (secondary N) is 2. The van der Waals surface area contributed by atoms with Crippen LogP contribution in [0.15, 0.2) is 48.5 Å². The summed E-state index contributed by atoms with van der Waals surface area (Å²) < 4.78 is 5.45. The third kappa shape index (κ3) is 4.11. The van der Waals surface area contributed by atoms with Gasteiger partial charge in [-0.2, -0.15) is 0 Å². The lowest BCUT2D eigenvalue weighted by atomic mass is 9.86. The van der Waals surface area contributed by atoms with Crippen molar-refractivity contribution in [3.05, 3.63) is 70.4 Å². The summed E-state index contributed by atoms with van der Waals surface area (Å²) in [6.45, 7) is 5.36. The van der Waals surface area contributed by atoms with E-state index in [4.69, 9.17) is 16.3 Å². The second-order valence-corrected chi connectivity index (χ2v) is 10.2. The zero-order chi connectivity index (χ0) is 23.9. The Morgan fingerprint density at radius 1 is 1.06 bits per heavy atom. The molecule has 0 bridgehead atoms. The number of halogens is 1. The number of benzene rings is 2. The van der Waals surface area contributed by atoms with Crippen molar-refractivity contribution < 1.29 is 19.2 Å². The largest absolute Gasteiger partial charge is 0.370 e. The summed E-state index contributed by atoms with van der Waals surface area (Å²) in [4.78, 5) is 36.0. The molecule has 182 valence electrons. The Hall–Kier alpha value is -2.87. The van der Waals surface area contributed by atoms with Crippen molar-refractivity contribution in [2.75, 3.05) is 45.9 Å². The summed E-state index contributed by atoms with van der Waals surface area (Å²) in [5.74, 6) is 0.0500. The van der Waals surface area contributed by atoms with Gasteiger partial charge in [0.1, 0.15) is 19.1 Å². The molecule has 1 aromatic heterocycles. The van der Waals surface area contributed by atoms with E-state index < -0.39 is 6.04 Å². The van der Waals surface area contributed by atoms with Crippen LogP contribution in [-0.2, 0) is 20.7 Å². The topological polar surface area (TPSA) is 70.1 Å². The number of para-hydroxylation sites is 1. The van der Waals surface area contributed by atoms with E-state index >= 15 is 0 Å². The molecule has 2 aromatic carbocycles. The fraction of sp³-hybridized carbons (Fsp3) is 0.407. The van der Waals surface area contributed by atoms with E-state index in [0.717, 1.165) is 67.0 Å². The van der Waals surface area contributed by atoms with Crippen LogP contribution in [0.2, 0.25) is 5.02 Å². The van der Waals surface area contributed by atoms with Gasteiger partial charge in [0.15, 0.2) is 0 Å². The molecule has 2 amide bonds. The van der Waals surface area contributed by atoms with Crippen LogP contribution in [0.4, 0.5) is 0 Å². The van der Waals surface area contributed by atoms with Crippen molar-refractivity contribution in [2.45, 2.75) is 24.9 Å². The summed E-state index contributed by atoms with van der Waals surface area (Å²) in [7, 11) is 0. The normalized spacial score (nSPS) is 23.0. The first-order valence-corrected chi connectivity index (χ1v) is 12.8. The van der Waals surface area contributed by atoms with Gasteiger partial charge in [-0.05, 0) is 29.3 Å². The smallest absolute Gasteiger partial charge is 0.246 e. The number of aromatic amines is 1. The minimum atomic E-state index is -0.501. The van der Waals surface area contributed by atoms with Crippen molar-refractivity contribution in [1.82, 2.24) is 14.8 Å². The van der Waals surface area contributed by atoms with Gasteiger partial charge in [0, 0.05) is 41.0 Å². The molecular weight excluding hydrogens is 464 g/mol. The number of carbonyl (C=O) groups is 2. The molecule has 6 rings (SSSR count). The summed E-state index contributed by atoms with van der Waals surface area (Å²) in [6.07, 6.45) is 1.42. The number of amides is 2. The minimum Gasteiger partial charge on any atom is -0.370 e. The SMILES string of the molecule is O=C1[C@@H]2Cc3c([nH]c4ccccc34)[C@H](c3ccc(Cl)cc3)N2C(=O)CN1CCC[NH+]1CCOCC1. The summed E-state index contributed by atoms with van der Waals surface area (Å²) in [6, 6.07) is 14.9. The number of rotatable bonds is 5. The highest BCUT2D eigenvalue weighted by molar-refractivity contribution is 6.30. The zero-order valence-corrected chi connectivity index (χ0v) is 20.4. The fourth-order valence-electron chi connectivity index (χ4n) is 5.93. The van der Waals surface area contributed by atoms with E-state index in [1.807, 2.05) is 41.3 Å². The predicted octanol–water partition coefficient (Wildman–Crippen LogP) is 1.81. The molecule has 35 heavy (non-hydrogen) atoms. The molecule has 2 fully saturated rings. The van der Waals surface area contributed by atoms with Gasteiger partial charge in [-0.1, -0.05) is 41.9 Å². The van der Waals surface area contributed by atoms with Gasteiger partial charge < -0.3 is 24.4 Å². The Labute approximate surface area is 209 Å². The number of ether oxygens (including phenoxy) is 1. The number of hydrogen-bond donors (Lipinski definition) is 2. The van der Waals surface area contributed by atoms with Crippen LogP contribution in [-0.4, -0.2) is 78.6 Å². The number of H-pyrrole nitrogens is 1. The number of fused-ring (bicyclic) bond motifs is 4. The maximum absolute atomic E-state index is 13.8. The first-order chi connectivity index (χ1) is 17.1. The maximum Gasteiger partial charge on any atom is 0.246 e. The van der Waals surface area contributed by atoms with Crippen LogP contribution in [0.25, 0.3) is 10.9 Å². The Kier molecular flexibility index (Phi) is 6.00. The van der Waals surface area contributed by atoms with Crippen molar-refractivity contribution >= 4 is 34.3 Å². The van der Waals surface area contributed by atoms with Gasteiger partial charge in [0.05, 0.1) is 32.3 Å². The number of morpholine rings is 1. The summed E-state index contributed by atoms with van der Waals surface area (Å²) in [5.41, 5.74) is 4.11. The standard InChI is InChI=1S/C27H29ClN4O3/c28-19-8-6-18(7-9-19)26-25-21(20-4-1-2-5-22(20)29-25)16-23-27(34)31(17-24(33)32(23)26)11-3-10-30-12-14-35-15-13-30/h1-2,4-9,23,26,29H,3,10-17H2/p+1/t23-,26-/m0/s1. The van der Waals surface area contributed by atoms with Gasteiger partial charge in [0.2, 0.25) is 11.8 Å².